The number of rotatable bonds is 8. The third kappa shape index (κ3) is 3.89. The van der Waals surface area contributed by atoms with Gasteiger partial charge in [-0.2, -0.15) is 4.57 Å². The quantitative estimate of drug-likeness (QED) is 0.276. The lowest BCUT2D eigenvalue weighted by molar-refractivity contribution is -0.686. The molecule has 3 heterocycles. The van der Waals surface area contributed by atoms with E-state index >= 15 is 0 Å². The molecular formula is C23H23ClN3O4S+. The van der Waals surface area contributed by atoms with Gasteiger partial charge < -0.3 is 5.11 Å². The van der Waals surface area contributed by atoms with Crippen LogP contribution in [-0.2, 0) is 27.3 Å². The molecule has 1 aromatic carbocycles. The summed E-state index contributed by atoms with van der Waals surface area (Å²) < 4.78 is 1.74. The molecule has 2 aliphatic rings. The van der Waals surface area contributed by atoms with Crippen molar-refractivity contribution in [1.29, 1.82) is 0 Å². The highest BCUT2D eigenvalue weighted by molar-refractivity contribution is 8.00. The first kappa shape index (κ1) is 22.4. The summed E-state index contributed by atoms with van der Waals surface area (Å²) in [4.78, 5) is 40.2. The number of carboxylic acids is 1. The standard InChI is InChI=1S/C23H22ClN3O4S/c1-2-7-15-8-3-4-9-17(15)26(14-28)20-21(29)27-19(23(30)31)16(13-32-22(20)27)12-25-11-6-5-10-18(25)24/h3-6,8-11,14,20,22H,2,7,12-13H2,1H3/p+1/t20?,22-/m1/s1. The number of anilines is 1. The van der Waals surface area contributed by atoms with E-state index in [1.165, 1.54) is 21.6 Å². The molecule has 0 bridgehead atoms. The lowest BCUT2D eigenvalue weighted by Gasteiger charge is -2.52. The van der Waals surface area contributed by atoms with E-state index in [1.807, 2.05) is 30.3 Å². The van der Waals surface area contributed by atoms with Crippen molar-refractivity contribution in [2.75, 3.05) is 10.7 Å². The number of pyridine rings is 1. The number of fused-ring (bicyclic) bond motifs is 1. The fourth-order valence-electron chi connectivity index (χ4n) is 4.21. The number of aromatic nitrogens is 1. The second-order valence-corrected chi connectivity index (χ2v) is 9.15. The molecule has 9 heteroatoms. The first-order chi connectivity index (χ1) is 15.5. The largest absolute Gasteiger partial charge is 0.477 e. The number of carbonyl (C=O) groups is 3. The zero-order valence-electron chi connectivity index (χ0n) is 17.5. The lowest BCUT2D eigenvalue weighted by Crippen LogP contribution is -2.71. The topological polar surface area (TPSA) is 81.8 Å². The molecule has 0 spiro atoms. The number of para-hydroxylation sites is 1. The van der Waals surface area contributed by atoms with Gasteiger partial charge in [-0.15, -0.1) is 11.8 Å². The minimum Gasteiger partial charge on any atom is -0.477 e. The molecule has 166 valence electrons. The Labute approximate surface area is 195 Å². The van der Waals surface area contributed by atoms with E-state index < -0.39 is 17.4 Å². The summed E-state index contributed by atoms with van der Waals surface area (Å²) >= 11 is 7.69. The van der Waals surface area contributed by atoms with E-state index in [1.54, 1.807) is 22.9 Å². The Balaban J connectivity index is 1.65. The van der Waals surface area contributed by atoms with Crippen LogP contribution < -0.4 is 9.47 Å². The zero-order valence-corrected chi connectivity index (χ0v) is 19.1. The summed E-state index contributed by atoms with van der Waals surface area (Å²) in [5.74, 6) is -1.12. The van der Waals surface area contributed by atoms with Gasteiger partial charge in [0.1, 0.15) is 17.1 Å². The van der Waals surface area contributed by atoms with Crippen LogP contribution in [0.5, 0.6) is 0 Å². The molecular weight excluding hydrogens is 450 g/mol. The van der Waals surface area contributed by atoms with Gasteiger partial charge in [0.15, 0.2) is 12.7 Å². The van der Waals surface area contributed by atoms with Gasteiger partial charge in [-0.05, 0) is 35.7 Å². The van der Waals surface area contributed by atoms with E-state index in [4.69, 9.17) is 11.6 Å². The molecule has 32 heavy (non-hydrogen) atoms. The number of aryl methyl sites for hydroxylation is 1. The fourth-order valence-corrected chi connectivity index (χ4v) is 5.79. The molecule has 1 aromatic heterocycles. The molecule has 2 aliphatic heterocycles. The van der Waals surface area contributed by atoms with Crippen LogP contribution in [0.1, 0.15) is 18.9 Å². The van der Waals surface area contributed by atoms with Crippen molar-refractivity contribution in [1.82, 2.24) is 4.90 Å². The van der Waals surface area contributed by atoms with E-state index in [9.17, 15) is 19.5 Å². The van der Waals surface area contributed by atoms with E-state index in [0.29, 0.717) is 28.6 Å². The molecule has 1 unspecified atom stereocenters. The number of hydrogen-bond donors (Lipinski definition) is 1. The van der Waals surface area contributed by atoms with Crippen molar-refractivity contribution in [3.8, 4) is 0 Å². The number of carbonyl (C=O) groups excluding carboxylic acids is 2. The van der Waals surface area contributed by atoms with Crippen LogP contribution in [0.25, 0.3) is 0 Å². The normalized spacial score (nSPS) is 19.9. The summed E-state index contributed by atoms with van der Waals surface area (Å²) in [6.07, 6.45) is 4.13. The Bertz CT molecular complexity index is 1110. The summed E-state index contributed by atoms with van der Waals surface area (Å²) in [5.41, 5.74) is 2.27. The predicted octanol–water partition coefficient (Wildman–Crippen LogP) is 2.87. The molecule has 2 aromatic rings. The Hall–Kier alpha value is -2.84. The first-order valence-electron chi connectivity index (χ1n) is 10.3. The second-order valence-electron chi connectivity index (χ2n) is 7.65. The number of carboxylic acid groups (broad SMARTS) is 1. The molecule has 1 fully saturated rings. The summed E-state index contributed by atoms with van der Waals surface area (Å²) in [6, 6.07) is 12.1. The van der Waals surface area contributed by atoms with Crippen LogP contribution in [0.3, 0.4) is 0 Å². The summed E-state index contributed by atoms with van der Waals surface area (Å²) in [5, 5.41) is 9.95. The van der Waals surface area contributed by atoms with Crippen LogP contribution in [0.15, 0.2) is 59.9 Å². The average molecular weight is 473 g/mol. The van der Waals surface area contributed by atoms with Gasteiger partial charge in [0.25, 0.3) is 11.1 Å². The van der Waals surface area contributed by atoms with Crippen LogP contribution in [0.2, 0.25) is 5.15 Å². The van der Waals surface area contributed by atoms with Crippen LogP contribution in [-0.4, -0.2) is 45.5 Å². The van der Waals surface area contributed by atoms with Gasteiger partial charge in [-0.25, -0.2) is 4.79 Å². The van der Waals surface area contributed by atoms with E-state index in [0.717, 1.165) is 18.4 Å². The number of thioether (sulfide) groups is 1. The van der Waals surface area contributed by atoms with Crippen molar-refractivity contribution in [3.05, 3.63) is 70.6 Å². The van der Waals surface area contributed by atoms with Gasteiger partial charge in [-0.3, -0.25) is 19.4 Å². The smallest absolute Gasteiger partial charge is 0.352 e. The fraction of sp³-hybridized carbons (Fsp3) is 0.304. The van der Waals surface area contributed by atoms with Crippen molar-refractivity contribution < 1.29 is 24.1 Å². The van der Waals surface area contributed by atoms with Crippen molar-refractivity contribution in [2.45, 2.75) is 37.7 Å². The molecule has 1 N–H and O–H groups in total. The summed E-state index contributed by atoms with van der Waals surface area (Å²) in [6.45, 7) is 2.32. The maximum atomic E-state index is 13.2. The van der Waals surface area contributed by atoms with Gasteiger partial charge in [0.2, 0.25) is 6.41 Å². The SMILES string of the molecule is CCCc1ccccc1N(C=O)C1C(=O)N2C(C(=O)O)=C(C[n+]3ccccc3Cl)CS[C@H]12. The number of β-lactam (4-membered cyclic amide) rings is 1. The number of halogens is 1. The number of aliphatic carboxylic acids is 1. The molecule has 7 nitrogen and oxygen atoms in total. The van der Waals surface area contributed by atoms with Crippen molar-refractivity contribution in [3.63, 3.8) is 0 Å². The van der Waals surface area contributed by atoms with Crippen LogP contribution in [0, 0.1) is 0 Å². The highest BCUT2D eigenvalue weighted by atomic mass is 35.5. The van der Waals surface area contributed by atoms with Gasteiger partial charge in [-0.1, -0.05) is 31.5 Å². The lowest BCUT2D eigenvalue weighted by atomic mass is 9.99. The van der Waals surface area contributed by atoms with Crippen LogP contribution in [0.4, 0.5) is 5.69 Å². The molecule has 1 saturated heterocycles. The molecule has 4 rings (SSSR count). The van der Waals surface area contributed by atoms with Crippen molar-refractivity contribution in [2.24, 2.45) is 0 Å². The Kier molecular flexibility index (Phi) is 6.53. The average Bonchev–Trinajstić information content (AvgIpc) is 2.79. The zero-order chi connectivity index (χ0) is 22.8. The van der Waals surface area contributed by atoms with Gasteiger partial charge in [0, 0.05) is 29.1 Å². The van der Waals surface area contributed by atoms with Gasteiger partial charge >= 0.3 is 5.97 Å². The highest BCUT2D eigenvalue weighted by Crippen LogP contribution is 2.43. The maximum Gasteiger partial charge on any atom is 0.352 e. The predicted molar refractivity (Wildman–Crippen MR) is 122 cm³/mol. The second kappa shape index (κ2) is 9.34. The Morgan fingerprint density at radius 1 is 1.31 bits per heavy atom. The molecule has 2 amide bonds. The third-order valence-electron chi connectivity index (χ3n) is 5.67. The number of nitrogens with zero attached hydrogens (tertiary/aromatic N) is 3. The molecule has 0 saturated carbocycles. The number of amides is 2. The Morgan fingerprint density at radius 3 is 2.75 bits per heavy atom. The number of benzene rings is 1. The highest BCUT2D eigenvalue weighted by Gasteiger charge is 2.56. The molecule has 2 atom stereocenters. The van der Waals surface area contributed by atoms with E-state index in [2.05, 4.69) is 6.92 Å². The molecule has 0 radical (unpaired) electrons. The number of hydrogen-bond acceptors (Lipinski definition) is 4. The monoisotopic (exact) mass is 472 g/mol. The third-order valence-corrected chi connectivity index (χ3v) is 7.34. The van der Waals surface area contributed by atoms with E-state index in [-0.39, 0.29) is 18.1 Å². The minimum atomic E-state index is -1.16. The van der Waals surface area contributed by atoms with Crippen molar-refractivity contribution >= 4 is 47.3 Å². The summed E-state index contributed by atoms with van der Waals surface area (Å²) in [7, 11) is 0. The minimum absolute atomic E-state index is 0.0184. The van der Waals surface area contributed by atoms with Gasteiger partial charge in [0.05, 0.1) is 0 Å². The Morgan fingerprint density at radius 2 is 2.06 bits per heavy atom. The molecule has 0 aliphatic carbocycles. The maximum absolute atomic E-state index is 13.2. The van der Waals surface area contributed by atoms with Crippen LogP contribution >= 0.6 is 23.4 Å². The first-order valence-corrected chi connectivity index (χ1v) is 11.8.